The van der Waals surface area contributed by atoms with Gasteiger partial charge in [-0.3, -0.25) is 0 Å². The Kier molecular flexibility index (Phi) is 6.41. The van der Waals surface area contributed by atoms with Crippen LogP contribution >= 0.6 is 0 Å². The van der Waals surface area contributed by atoms with Crippen molar-refractivity contribution in [3.8, 4) is 0 Å². The van der Waals surface area contributed by atoms with Crippen molar-refractivity contribution in [1.82, 2.24) is 5.32 Å². The maximum atomic E-state index is 11.4. The number of hydrogen-bond acceptors (Lipinski definition) is 3. The van der Waals surface area contributed by atoms with Gasteiger partial charge < -0.3 is 5.32 Å². The van der Waals surface area contributed by atoms with Crippen LogP contribution in [0.15, 0.2) is 24.3 Å². The largest absolute Gasteiger partial charge is 0.310 e. The second-order valence-corrected chi connectivity index (χ2v) is 9.06. The molecule has 21 heavy (non-hydrogen) atoms. The van der Waals surface area contributed by atoms with Gasteiger partial charge in [-0.2, -0.15) is 0 Å². The van der Waals surface area contributed by atoms with E-state index < -0.39 is 9.84 Å². The molecule has 0 saturated carbocycles. The Morgan fingerprint density at radius 1 is 1.14 bits per heavy atom. The van der Waals surface area contributed by atoms with Crippen molar-refractivity contribution in [2.24, 2.45) is 0 Å². The first-order valence-electron chi connectivity index (χ1n) is 7.65. The highest BCUT2D eigenvalue weighted by atomic mass is 32.2. The molecule has 0 fully saturated rings. The summed E-state index contributed by atoms with van der Waals surface area (Å²) in [5.41, 5.74) is 2.60. The summed E-state index contributed by atoms with van der Waals surface area (Å²) in [6.07, 6.45) is 2.95. The van der Waals surface area contributed by atoms with E-state index in [2.05, 4.69) is 57.3 Å². The number of sulfone groups is 1. The van der Waals surface area contributed by atoms with Gasteiger partial charge in [-0.1, -0.05) is 52.0 Å². The molecule has 1 aromatic carbocycles. The fraction of sp³-hybridized carbons (Fsp3) is 0.647. The zero-order valence-corrected chi connectivity index (χ0v) is 14.8. The van der Waals surface area contributed by atoms with Crippen LogP contribution in [0, 0.1) is 0 Å². The molecule has 0 aliphatic heterocycles. The van der Waals surface area contributed by atoms with Crippen LogP contribution in [-0.4, -0.2) is 27.0 Å². The van der Waals surface area contributed by atoms with Crippen molar-refractivity contribution in [2.45, 2.75) is 52.0 Å². The highest BCUT2D eigenvalue weighted by molar-refractivity contribution is 7.90. The molecular weight excluding hydrogens is 282 g/mol. The first-order chi connectivity index (χ1) is 9.63. The minimum absolute atomic E-state index is 0.105. The van der Waals surface area contributed by atoms with E-state index in [4.69, 9.17) is 0 Å². The molecular formula is C17H29NO2S. The number of benzene rings is 1. The predicted molar refractivity (Wildman–Crippen MR) is 90.5 cm³/mol. The predicted octanol–water partition coefficient (Wildman–Crippen LogP) is 3.46. The Morgan fingerprint density at radius 2 is 1.71 bits per heavy atom. The fourth-order valence-electron chi connectivity index (χ4n) is 2.25. The van der Waals surface area contributed by atoms with E-state index in [1.165, 1.54) is 17.4 Å². The zero-order chi connectivity index (χ0) is 16.1. The molecule has 0 heterocycles. The third-order valence-electron chi connectivity index (χ3n) is 3.60. The second kappa shape index (κ2) is 7.41. The van der Waals surface area contributed by atoms with Gasteiger partial charge in [0.1, 0.15) is 9.84 Å². The monoisotopic (exact) mass is 311 g/mol. The molecule has 1 aromatic rings. The minimum Gasteiger partial charge on any atom is -0.310 e. The van der Waals surface area contributed by atoms with E-state index in [1.54, 1.807) is 0 Å². The highest BCUT2D eigenvalue weighted by Crippen LogP contribution is 2.25. The molecule has 1 rings (SSSR count). The first kappa shape index (κ1) is 18.2. The van der Waals surface area contributed by atoms with Crippen LogP contribution in [0.3, 0.4) is 0 Å². The average molecular weight is 311 g/mol. The number of rotatable bonds is 7. The van der Waals surface area contributed by atoms with Crippen LogP contribution in [0.1, 0.15) is 57.7 Å². The third kappa shape index (κ3) is 6.62. The van der Waals surface area contributed by atoms with Crippen LogP contribution in [-0.2, 0) is 15.3 Å². The molecule has 3 nitrogen and oxygen atoms in total. The van der Waals surface area contributed by atoms with Gasteiger partial charge in [-0.05, 0) is 35.9 Å². The van der Waals surface area contributed by atoms with Gasteiger partial charge in [0.25, 0.3) is 0 Å². The Morgan fingerprint density at radius 3 is 2.14 bits per heavy atom. The topological polar surface area (TPSA) is 46.2 Å². The SMILES string of the molecule is CCCNC(CCS(C)(=O)=O)c1ccc(C(C)(C)C)cc1. The van der Waals surface area contributed by atoms with Crippen LogP contribution < -0.4 is 5.32 Å². The van der Waals surface area contributed by atoms with Crippen molar-refractivity contribution in [2.75, 3.05) is 18.6 Å². The molecule has 0 bridgehead atoms. The van der Waals surface area contributed by atoms with E-state index >= 15 is 0 Å². The van der Waals surface area contributed by atoms with Crippen LogP contribution in [0.5, 0.6) is 0 Å². The second-order valence-electron chi connectivity index (χ2n) is 6.80. The quantitative estimate of drug-likeness (QED) is 0.839. The third-order valence-corrected chi connectivity index (χ3v) is 4.57. The van der Waals surface area contributed by atoms with Crippen molar-refractivity contribution in [3.05, 3.63) is 35.4 Å². The van der Waals surface area contributed by atoms with Gasteiger partial charge in [-0.15, -0.1) is 0 Å². The molecule has 4 heteroatoms. The summed E-state index contributed by atoms with van der Waals surface area (Å²) in [5, 5.41) is 3.45. The smallest absolute Gasteiger partial charge is 0.147 e. The summed E-state index contributed by atoms with van der Waals surface area (Å²) in [6.45, 7) is 9.59. The lowest BCUT2D eigenvalue weighted by Crippen LogP contribution is -2.24. The van der Waals surface area contributed by atoms with E-state index in [0.29, 0.717) is 6.42 Å². The normalized spacial score (nSPS) is 14.1. The molecule has 0 amide bonds. The summed E-state index contributed by atoms with van der Waals surface area (Å²) in [5.74, 6) is 0.218. The van der Waals surface area contributed by atoms with Crippen LogP contribution in [0.25, 0.3) is 0 Å². The van der Waals surface area contributed by atoms with E-state index in [9.17, 15) is 8.42 Å². The lowest BCUT2D eigenvalue weighted by Gasteiger charge is -2.22. The summed E-state index contributed by atoms with van der Waals surface area (Å²) in [7, 11) is -2.92. The Labute approximate surface area is 130 Å². The molecule has 0 aliphatic carbocycles. The maximum absolute atomic E-state index is 11.4. The Bertz CT molecular complexity index is 527. The summed E-state index contributed by atoms with van der Waals surface area (Å²) < 4.78 is 22.8. The molecule has 0 radical (unpaired) electrons. The Balaban J connectivity index is 2.87. The number of nitrogens with one attached hydrogen (secondary N) is 1. The molecule has 0 aliphatic rings. The van der Waals surface area contributed by atoms with E-state index in [0.717, 1.165) is 13.0 Å². The van der Waals surface area contributed by atoms with Gasteiger partial charge in [0.05, 0.1) is 5.75 Å². The first-order valence-corrected chi connectivity index (χ1v) is 9.71. The standard InChI is InChI=1S/C17H29NO2S/c1-6-12-18-16(11-13-21(5,19)20)14-7-9-15(10-8-14)17(2,3)4/h7-10,16,18H,6,11-13H2,1-5H3. The van der Waals surface area contributed by atoms with Gasteiger partial charge >= 0.3 is 0 Å². The fourth-order valence-corrected chi connectivity index (χ4v) is 2.92. The zero-order valence-electron chi connectivity index (χ0n) is 13.9. The van der Waals surface area contributed by atoms with Gasteiger partial charge in [0.15, 0.2) is 0 Å². The van der Waals surface area contributed by atoms with Crippen molar-refractivity contribution >= 4 is 9.84 Å². The summed E-state index contributed by atoms with van der Waals surface area (Å²) in [4.78, 5) is 0. The summed E-state index contributed by atoms with van der Waals surface area (Å²) in [6, 6.07) is 8.65. The minimum atomic E-state index is -2.92. The van der Waals surface area contributed by atoms with Gasteiger partial charge in [0, 0.05) is 12.3 Å². The van der Waals surface area contributed by atoms with Crippen LogP contribution in [0.2, 0.25) is 0 Å². The molecule has 1 N–H and O–H groups in total. The van der Waals surface area contributed by atoms with Crippen molar-refractivity contribution in [3.63, 3.8) is 0 Å². The lowest BCUT2D eigenvalue weighted by atomic mass is 9.86. The average Bonchev–Trinajstić information content (AvgIpc) is 2.37. The molecule has 120 valence electrons. The van der Waals surface area contributed by atoms with Gasteiger partial charge in [-0.25, -0.2) is 8.42 Å². The van der Waals surface area contributed by atoms with E-state index in [-0.39, 0.29) is 17.2 Å². The number of hydrogen-bond donors (Lipinski definition) is 1. The van der Waals surface area contributed by atoms with Gasteiger partial charge in [0.2, 0.25) is 0 Å². The highest BCUT2D eigenvalue weighted by Gasteiger charge is 2.16. The lowest BCUT2D eigenvalue weighted by molar-refractivity contribution is 0.512. The van der Waals surface area contributed by atoms with Crippen molar-refractivity contribution < 1.29 is 8.42 Å². The molecule has 0 spiro atoms. The Hall–Kier alpha value is -0.870. The van der Waals surface area contributed by atoms with Crippen LogP contribution in [0.4, 0.5) is 0 Å². The van der Waals surface area contributed by atoms with E-state index in [1.807, 2.05) is 0 Å². The maximum Gasteiger partial charge on any atom is 0.147 e. The molecule has 0 saturated heterocycles. The summed E-state index contributed by atoms with van der Waals surface area (Å²) >= 11 is 0. The molecule has 0 aromatic heterocycles. The molecule has 1 unspecified atom stereocenters. The van der Waals surface area contributed by atoms with Crippen molar-refractivity contribution in [1.29, 1.82) is 0 Å². The molecule has 1 atom stereocenters.